The first kappa shape index (κ1) is 16.7. The summed E-state index contributed by atoms with van der Waals surface area (Å²) in [5, 5.41) is 14.4. The Bertz CT molecular complexity index is 954. The Hall–Kier alpha value is -3.13. The number of carbonyl (C=O) groups is 1. The van der Waals surface area contributed by atoms with Crippen LogP contribution in [0.5, 0.6) is 0 Å². The van der Waals surface area contributed by atoms with E-state index in [-0.39, 0.29) is 11.6 Å². The van der Waals surface area contributed by atoms with Crippen LogP contribution in [-0.4, -0.2) is 20.8 Å². The minimum atomic E-state index is -0.493. The average Bonchev–Trinajstić information content (AvgIpc) is 2.99. The average molecular weight is 354 g/mol. The summed E-state index contributed by atoms with van der Waals surface area (Å²) in [7, 11) is 0. The van der Waals surface area contributed by atoms with E-state index in [1.54, 1.807) is 38.4 Å². The van der Waals surface area contributed by atoms with Gasteiger partial charge in [0, 0.05) is 30.1 Å². The van der Waals surface area contributed by atoms with E-state index < -0.39 is 4.92 Å². The molecule has 0 fully saturated rings. The maximum absolute atomic E-state index is 12.6. The maximum atomic E-state index is 12.6. The van der Waals surface area contributed by atoms with Crippen molar-refractivity contribution in [2.45, 2.75) is 13.8 Å². The van der Waals surface area contributed by atoms with E-state index in [2.05, 4.69) is 15.3 Å². The lowest BCUT2D eigenvalue weighted by atomic mass is 10.2. The number of thiazole rings is 1. The molecule has 8 heteroatoms. The van der Waals surface area contributed by atoms with Crippen LogP contribution in [0.15, 0.2) is 42.7 Å². The summed E-state index contributed by atoms with van der Waals surface area (Å²) in [6, 6.07) is 8.04. The third-order valence-corrected chi connectivity index (χ3v) is 4.80. The molecule has 1 N–H and O–H groups in total. The molecule has 2 aromatic heterocycles. The zero-order chi connectivity index (χ0) is 18.0. The van der Waals surface area contributed by atoms with Gasteiger partial charge in [0.2, 0.25) is 0 Å². The van der Waals surface area contributed by atoms with E-state index in [0.717, 1.165) is 11.1 Å². The number of benzene rings is 1. The van der Waals surface area contributed by atoms with E-state index in [9.17, 15) is 14.9 Å². The molecule has 0 atom stereocenters. The summed E-state index contributed by atoms with van der Waals surface area (Å²) in [5.74, 6) is -0.339. The third kappa shape index (κ3) is 3.53. The van der Waals surface area contributed by atoms with Crippen LogP contribution < -0.4 is 5.32 Å². The number of non-ortho nitro benzene ring substituents is 1. The Morgan fingerprint density at radius 3 is 2.76 bits per heavy atom. The van der Waals surface area contributed by atoms with E-state index in [4.69, 9.17) is 0 Å². The largest absolute Gasteiger partial charge is 0.321 e. The molecule has 0 aliphatic rings. The zero-order valence-corrected chi connectivity index (χ0v) is 14.3. The summed E-state index contributed by atoms with van der Waals surface area (Å²) in [6.45, 7) is 3.53. The molecule has 2 heterocycles. The molecule has 1 aromatic carbocycles. The second kappa shape index (κ2) is 6.78. The molecular formula is C17H14N4O3S. The van der Waals surface area contributed by atoms with Gasteiger partial charge in [0.25, 0.3) is 11.6 Å². The Balaban J connectivity index is 1.89. The van der Waals surface area contributed by atoms with Crippen LogP contribution in [0.25, 0.3) is 10.6 Å². The van der Waals surface area contributed by atoms with Gasteiger partial charge < -0.3 is 5.32 Å². The topological polar surface area (TPSA) is 98.0 Å². The molecule has 3 rings (SSSR count). The number of anilines is 1. The number of aromatic nitrogens is 2. The number of nitrogens with zero attached hydrogens (tertiary/aromatic N) is 3. The van der Waals surface area contributed by atoms with Crippen molar-refractivity contribution < 1.29 is 9.72 Å². The Morgan fingerprint density at radius 1 is 1.28 bits per heavy atom. The number of aryl methyl sites for hydroxylation is 2. The van der Waals surface area contributed by atoms with Gasteiger partial charge in [-0.1, -0.05) is 6.07 Å². The first-order valence-electron chi connectivity index (χ1n) is 7.40. The second-order valence-electron chi connectivity index (χ2n) is 5.39. The van der Waals surface area contributed by atoms with Gasteiger partial charge in [-0.3, -0.25) is 19.9 Å². The molecule has 126 valence electrons. The van der Waals surface area contributed by atoms with Gasteiger partial charge in [-0.2, -0.15) is 0 Å². The molecular weight excluding hydrogens is 340 g/mol. The summed E-state index contributed by atoms with van der Waals surface area (Å²) in [6.07, 6.45) is 3.35. The van der Waals surface area contributed by atoms with E-state index >= 15 is 0 Å². The Kier molecular flexibility index (Phi) is 4.53. The fourth-order valence-corrected chi connectivity index (χ4v) is 3.21. The highest BCUT2D eigenvalue weighted by Gasteiger charge is 2.18. The van der Waals surface area contributed by atoms with Crippen molar-refractivity contribution in [1.29, 1.82) is 0 Å². The molecule has 0 unspecified atom stereocenters. The lowest BCUT2D eigenvalue weighted by Crippen LogP contribution is -2.12. The highest BCUT2D eigenvalue weighted by Crippen LogP contribution is 2.29. The van der Waals surface area contributed by atoms with Crippen molar-refractivity contribution in [3.63, 3.8) is 0 Å². The first-order valence-corrected chi connectivity index (χ1v) is 8.21. The number of rotatable bonds is 4. The minimum Gasteiger partial charge on any atom is -0.321 e. The Labute approximate surface area is 147 Å². The standard InChI is InChI=1S/C17H14N4O3S/c1-10-5-6-13(21(23)24)8-14(10)20-16(22)15-11(2)19-17(25-15)12-4-3-7-18-9-12/h3-9H,1-2H3,(H,20,22). The van der Waals surface area contributed by atoms with Gasteiger partial charge in [-0.15, -0.1) is 11.3 Å². The number of hydrogen-bond donors (Lipinski definition) is 1. The van der Waals surface area contributed by atoms with Crippen LogP contribution in [0.3, 0.4) is 0 Å². The lowest BCUT2D eigenvalue weighted by Gasteiger charge is -2.07. The van der Waals surface area contributed by atoms with Crippen LogP contribution in [0, 0.1) is 24.0 Å². The molecule has 0 bridgehead atoms. The molecule has 3 aromatic rings. The number of hydrogen-bond acceptors (Lipinski definition) is 6. The SMILES string of the molecule is Cc1ccc([N+](=O)[O-])cc1NC(=O)c1sc(-c2cccnc2)nc1C. The molecule has 0 radical (unpaired) electrons. The zero-order valence-electron chi connectivity index (χ0n) is 13.5. The summed E-state index contributed by atoms with van der Waals surface area (Å²) in [4.78, 5) is 31.9. The number of carbonyl (C=O) groups excluding carboxylic acids is 1. The molecule has 0 spiro atoms. The van der Waals surface area contributed by atoms with Gasteiger partial charge >= 0.3 is 0 Å². The molecule has 25 heavy (non-hydrogen) atoms. The van der Waals surface area contributed by atoms with Crippen LogP contribution >= 0.6 is 11.3 Å². The Morgan fingerprint density at radius 2 is 2.08 bits per heavy atom. The van der Waals surface area contributed by atoms with E-state index in [1.165, 1.54) is 23.5 Å². The third-order valence-electron chi connectivity index (χ3n) is 3.59. The number of nitrogens with one attached hydrogen (secondary N) is 1. The number of nitro groups is 1. The molecule has 0 aliphatic heterocycles. The van der Waals surface area contributed by atoms with E-state index in [0.29, 0.717) is 21.3 Å². The lowest BCUT2D eigenvalue weighted by molar-refractivity contribution is -0.384. The monoisotopic (exact) mass is 354 g/mol. The second-order valence-corrected chi connectivity index (χ2v) is 6.38. The van der Waals surface area contributed by atoms with Gasteiger partial charge in [0.15, 0.2) is 0 Å². The fourth-order valence-electron chi connectivity index (χ4n) is 2.26. The summed E-state index contributed by atoms with van der Waals surface area (Å²) >= 11 is 1.26. The predicted octanol–water partition coefficient (Wildman–Crippen LogP) is 3.98. The molecule has 0 saturated carbocycles. The van der Waals surface area contributed by atoms with Crippen LogP contribution in [0.4, 0.5) is 11.4 Å². The maximum Gasteiger partial charge on any atom is 0.271 e. The number of nitro benzene ring substituents is 1. The van der Waals surface area contributed by atoms with Gasteiger partial charge in [0.05, 0.1) is 16.3 Å². The van der Waals surface area contributed by atoms with Crippen molar-refractivity contribution in [2.24, 2.45) is 0 Å². The number of amides is 1. The van der Waals surface area contributed by atoms with Crippen molar-refractivity contribution in [3.8, 4) is 10.6 Å². The van der Waals surface area contributed by atoms with Crippen LogP contribution in [-0.2, 0) is 0 Å². The highest BCUT2D eigenvalue weighted by molar-refractivity contribution is 7.17. The normalized spacial score (nSPS) is 10.5. The molecule has 7 nitrogen and oxygen atoms in total. The van der Waals surface area contributed by atoms with Gasteiger partial charge in [-0.05, 0) is 31.5 Å². The quantitative estimate of drug-likeness (QED) is 0.564. The van der Waals surface area contributed by atoms with Crippen LogP contribution in [0.2, 0.25) is 0 Å². The molecule has 1 amide bonds. The van der Waals surface area contributed by atoms with Crippen molar-refractivity contribution >= 4 is 28.6 Å². The highest BCUT2D eigenvalue weighted by atomic mass is 32.1. The summed E-state index contributed by atoms with van der Waals surface area (Å²) < 4.78 is 0. The van der Waals surface area contributed by atoms with Gasteiger partial charge in [-0.25, -0.2) is 4.98 Å². The molecule has 0 aliphatic carbocycles. The smallest absolute Gasteiger partial charge is 0.271 e. The van der Waals surface area contributed by atoms with Crippen LogP contribution in [0.1, 0.15) is 20.9 Å². The van der Waals surface area contributed by atoms with E-state index in [1.807, 2.05) is 6.07 Å². The first-order chi connectivity index (χ1) is 12.0. The minimum absolute atomic E-state index is 0.0713. The number of pyridine rings is 1. The predicted molar refractivity (Wildman–Crippen MR) is 95.9 cm³/mol. The van der Waals surface area contributed by atoms with Crippen molar-refractivity contribution in [3.05, 3.63) is 69.0 Å². The fraction of sp³-hybridized carbons (Fsp3) is 0.118. The van der Waals surface area contributed by atoms with Crippen molar-refractivity contribution in [1.82, 2.24) is 9.97 Å². The van der Waals surface area contributed by atoms with Crippen molar-refractivity contribution in [2.75, 3.05) is 5.32 Å². The van der Waals surface area contributed by atoms with Gasteiger partial charge in [0.1, 0.15) is 9.88 Å². The molecule has 0 saturated heterocycles. The summed E-state index contributed by atoms with van der Waals surface area (Å²) in [5.41, 5.74) is 2.52.